The van der Waals surface area contributed by atoms with Crippen molar-refractivity contribution < 1.29 is 4.79 Å². The number of carbonyl (C=O) groups excluding carboxylic acids is 1. The maximum absolute atomic E-state index is 12.0. The van der Waals surface area contributed by atoms with Crippen LogP contribution in [0, 0.1) is 0 Å². The fourth-order valence-electron chi connectivity index (χ4n) is 1.72. The van der Waals surface area contributed by atoms with E-state index in [9.17, 15) is 4.79 Å². The van der Waals surface area contributed by atoms with Crippen LogP contribution >= 0.6 is 22.9 Å². The van der Waals surface area contributed by atoms with Crippen LogP contribution in [0.4, 0.5) is 0 Å². The monoisotopic (exact) mass is 293 g/mol. The molecule has 3 aromatic rings. The molecule has 0 radical (unpaired) electrons. The number of aromatic nitrogens is 4. The average molecular weight is 293 g/mol. The smallest absolute Gasteiger partial charge is 0.265 e. The quantitative estimate of drug-likeness (QED) is 0.795. The van der Waals surface area contributed by atoms with Gasteiger partial charge in [-0.05, 0) is 18.0 Å². The van der Waals surface area contributed by atoms with E-state index < -0.39 is 0 Å². The Bertz CT molecular complexity index is 685. The fourth-order valence-corrected chi connectivity index (χ4v) is 3.11. The molecule has 0 saturated carbocycles. The first-order chi connectivity index (χ1) is 9.28. The summed E-state index contributed by atoms with van der Waals surface area (Å²) >= 11 is 2.69. The van der Waals surface area contributed by atoms with E-state index in [-0.39, 0.29) is 5.91 Å². The zero-order valence-corrected chi connectivity index (χ0v) is 11.8. The molecule has 0 aliphatic carbocycles. The van der Waals surface area contributed by atoms with Crippen molar-refractivity contribution in [3.05, 3.63) is 34.0 Å². The van der Waals surface area contributed by atoms with Crippen molar-refractivity contribution in [1.82, 2.24) is 24.3 Å². The molecule has 3 aromatic heterocycles. The standard InChI is InChI=1S/C11H11N5OS2/c1-2-8-9(19-15-14-8)10(17)12-5-7-6-16-3-4-18-11(16)13-7/h3-4,6H,2,5H2,1H3,(H,12,17). The minimum Gasteiger partial charge on any atom is -0.346 e. The van der Waals surface area contributed by atoms with Crippen LogP contribution in [0.1, 0.15) is 28.0 Å². The molecule has 8 heteroatoms. The second-order valence-electron chi connectivity index (χ2n) is 3.91. The number of thiazole rings is 1. The number of aryl methyl sites for hydroxylation is 1. The van der Waals surface area contributed by atoms with Gasteiger partial charge in [-0.3, -0.25) is 9.20 Å². The van der Waals surface area contributed by atoms with Crippen LogP contribution in [-0.2, 0) is 13.0 Å². The Morgan fingerprint density at radius 1 is 1.53 bits per heavy atom. The first-order valence-corrected chi connectivity index (χ1v) is 7.43. The number of fused-ring (bicyclic) bond motifs is 1. The van der Waals surface area contributed by atoms with Crippen LogP contribution in [0.15, 0.2) is 17.8 Å². The summed E-state index contributed by atoms with van der Waals surface area (Å²) in [5, 5.41) is 8.75. The highest BCUT2D eigenvalue weighted by molar-refractivity contribution is 7.15. The lowest BCUT2D eigenvalue weighted by molar-refractivity contribution is 0.0953. The number of imidazole rings is 1. The predicted molar refractivity (Wildman–Crippen MR) is 73.5 cm³/mol. The normalized spacial score (nSPS) is 11.0. The van der Waals surface area contributed by atoms with Crippen molar-refractivity contribution in [1.29, 1.82) is 0 Å². The summed E-state index contributed by atoms with van der Waals surface area (Å²) in [5.74, 6) is -0.136. The van der Waals surface area contributed by atoms with Crippen molar-refractivity contribution in [2.24, 2.45) is 0 Å². The Hall–Kier alpha value is -1.80. The van der Waals surface area contributed by atoms with Crippen LogP contribution in [0.5, 0.6) is 0 Å². The SMILES string of the molecule is CCc1nnsc1C(=O)NCc1cn2ccsc2n1. The number of hydrogen-bond acceptors (Lipinski definition) is 6. The van der Waals surface area contributed by atoms with E-state index in [1.807, 2.05) is 29.1 Å². The molecule has 0 bridgehead atoms. The maximum atomic E-state index is 12.0. The summed E-state index contributed by atoms with van der Waals surface area (Å²) in [5.41, 5.74) is 1.59. The molecular weight excluding hydrogens is 282 g/mol. The fraction of sp³-hybridized carbons (Fsp3) is 0.273. The van der Waals surface area contributed by atoms with Gasteiger partial charge >= 0.3 is 0 Å². The van der Waals surface area contributed by atoms with E-state index in [1.165, 1.54) is 0 Å². The highest BCUT2D eigenvalue weighted by atomic mass is 32.1. The molecule has 19 heavy (non-hydrogen) atoms. The Morgan fingerprint density at radius 3 is 3.21 bits per heavy atom. The van der Waals surface area contributed by atoms with E-state index in [2.05, 4.69) is 19.9 Å². The van der Waals surface area contributed by atoms with Gasteiger partial charge in [-0.1, -0.05) is 11.4 Å². The molecule has 6 nitrogen and oxygen atoms in total. The zero-order chi connectivity index (χ0) is 13.2. The Morgan fingerprint density at radius 2 is 2.42 bits per heavy atom. The third-order valence-corrected chi connectivity index (χ3v) is 4.21. The third kappa shape index (κ3) is 2.36. The second-order valence-corrected chi connectivity index (χ2v) is 5.54. The van der Waals surface area contributed by atoms with Gasteiger partial charge in [-0.25, -0.2) is 4.98 Å². The van der Waals surface area contributed by atoms with Gasteiger partial charge in [0.15, 0.2) is 4.96 Å². The highest BCUT2D eigenvalue weighted by Gasteiger charge is 2.15. The zero-order valence-electron chi connectivity index (χ0n) is 10.2. The molecule has 0 saturated heterocycles. The predicted octanol–water partition coefficient (Wildman–Crippen LogP) is 1.74. The van der Waals surface area contributed by atoms with Gasteiger partial charge in [0.2, 0.25) is 0 Å². The largest absolute Gasteiger partial charge is 0.346 e. The molecule has 0 atom stereocenters. The lowest BCUT2D eigenvalue weighted by Gasteiger charge is -2.01. The summed E-state index contributed by atoms with van der Waals surface area (Å²) in [6, 6.07) is 0. The van der Waals surface area contributed by atoms with Gasteiger partial charge < -0.3 is 5.32 Å². The van der Waals surface area contributed by atoms with Crippen molar-refractivity contribution in [3.63, 3.8) is 0 Å². The number of nitrogens with zero attached hydrogens (tertiary/aromatic N) is 4. The maximum Gasteiger partial charge on any atom is 0.265 e. The third-order valence-electron chi connectivity index (χ3n) is 2.67. The number of amides is 1. The molecular formula is C11H11N5OS2. The topological polar surface area (TPSA) is 72.2 Å². The van der Waals surface area contributed by atoms with Crippen LogP contribution in [-0.4, -0.2) is 24.9 Å². The summed E-state index contributed by atoms with van der Waals surface area (Å²) in [6.45, 7) is 2.37. The van der Waals surface area contributed by atoms with Gasteiger partial charge in [0.1, 0.15) is 4.88 Å². The number of nitrogens with one attached hydrogen (secondary N) is 1. The minimum absolute atomic E-state index is 0.136. The molecule has 0 unspecified atom stereocenters. The molecule has 0 spiro atoms. The van der Waals surface area contributed by atoms with Crippen molar-refractivity contribution >= 4 is 33.7 Å². The molecule has 0 fully saturated rings. The lowest BCUT2D eigenvalue weighted by Crippen LogP contribution is -2.23. The van der Waals surface area contributed by atoms with Gasteiger partial charge in [0.25, 0.3) is 5.91 Å². The second kappa shape index (κ2) is 5.06. The van der Waals surface area contributed by atoms with Gasteiger partial charge in [0, 0.05) is 17.8 Å². The molecule has 1 N–H and O–H groups in total. The minimum atomic E-state index is -0.136. The number of hydrogen-bond donors (Lipinski definition) is 1. The van der Waals surface area contributed by atoms with E-state index in [4.69, 9.17) is 0 Å². The molecule has 3 heterocycles. The van der Waals surface area contributed by atoms with Crippen molar-refractivity contribution in [3.8, 4) is 0 Å². The van der Waals surface area contributed by atoms with Crippen LogP contribution in [0.2, 0.25) is 0 Å². The highest BCUT2D eigenvalue weighted by Crippen LogP contribution is 2.13. The lowest BCUT2D eigenvalue weighted by atomic mass is 10.3. The van der Waals surface area contributed by atoms with E-state index >= 15 is 0 Å². The molecule has 3 rings (SSSR count). The molecule has 0 aliphatic heterocycles. The molecule has 1 amide bonds. The first kappa shape index (κ1) is 12.2. The average Bonchev–Trinajstić information content (AvgIpc) is 3.09. The summed E-state index contributed by atoms with van der Waals surface area (Å²) < 4.78 is 5.75. The molecule has 0 aromatic carbocycles. The van der Waals surface area contributed by atoms with Gasteiger partial charge in [0.05, 0.1) is 17.9 Å². The van der Waals surface area contributed by atoms with Crippen LogP contribution in [0.3, 0.4) is 0 Å². The van der Waals surface area contributed by atoms with Gasteiger partial charge in [-0.2, -0.15) is 0 Å². The summed E-state index contributed by atoms with van der Waals surface area (Å²) in [6.07, 6.45) is 4.57. The van der Waals surface area contributed by atoms with E-state index in [0.717, 1.165) is 27.9 Å². The first-order valence-electron chi connectivity index (χ1n) is 5.78. The Kier molecular flexibility index (Phi) is 3.26. The van der Waals surface area contributed by atoms with E-state index in [0.29, 0.717) is 17.8 Å². The molecule has 98 valence electrons. The Labute approximate surface area is 117 Å². The van der Waals surface area contributed by atoms with Crippen molar-refractivity contribution in [2.75, 3.05) is 0 Å². The van der Waals surface area contributed by atoms with Crippen molar-refractivity contribution in [2.45, 2.75) is 19.9 Å². The molecule has 0 aliphatic rings. The van der Waals surface area contributed by atoms with Crippen LogP contribution in [0.25, 0.3) is 4.96 Å². The van der Waals surface area contributed by atoms with Gasteiger partial charge in [-0.15, -0.1) is 16.4 Å². The Balaban J connectivity index is 1.69. The van der Waals surface area contributed by atoms with E-state index in [1.54, 1.807) is 11.3 Å². The van der Waals surface area contributed by atoms with Crippen LogP contribution < -0.4 is 5.32 Å². The summed E-state index contributed by atoms with van der Waals surface area (Å²) in [7, 11) is 0. The number of rotatable bonds is 4. The summed E-state index contributed by atoms with van der Waals surface area (Å²) in [4.78, 5) is 17.9. The number of carbonyl (C=O) groups is 1.